The first kappa shape index (κ1) is 17.4. The summed E-state index contributed by atoms with van der Waals surface area (Å²) >= 11 is 0. The molecule has 0 bridgehead atoms. The first-order valence-corrected chi connectivity index (χ1v) is 6.33. The first-order valence-electron chi connectivity index (χ1n) is 6.33. The summed E-state index contributed by atoms with van der Waals surface area (Å²) in [6.07, 6.45) is -3.77. The van der Waals surface area contributed by atoms with E-state index in [1.54, 1.807) is 0 Å². The van der Waals surface area contributed by atoms with Crippen LogP contribution in [0.15, 0.2) is 41.3 Å². The topological polar surface area (TPSA) is 71.2 Å². The van der Waals surface area contributed by atoms with E-state index in [-0.39, 0.29) is 11.3 Å². The summed E-state index contributed by atoms with van der Waals surface area (Å²) in [5.41, 5.74) is -2.42. The predicted octanol–water partition coefficient (Wildman–Crippen LogP) is 3.25. The number of aromatic nitrogens is 1. The van der Waals surface area contributed by atoms with Crippen LogP contribution in [0.25, 0.3) is 0 Å². The number of nitrogens with one attached hydrogen (secondary N) is 2. The molecule has 128 valence electrons. The monoisotopic (exact) mass is 348 g/mol. The zero-order chi connectivity index (χ0) is 17.9. The lowest BCUT2D eigenvalue weighted by Gasteiger charge is -2.15. The van der Waals surface area contributed by atoms with E-state index in [2.05, 4.69) is 15.0 Å². The number of halogens is 5. The van der Waals surface area contributed by atoms with Crippen LogP contribution in [0.5, 0.6) is 5.75 Å². The molecule has 5 nitrogen and oxygen atoms in total. The zero-order valence-corrected chi connectivity index (χ0v) is 11.7. The van der Waals surface area contributed by atoms with Gasteiger partial charge in [-0.1, -0.05) is 0 Å². The summed E-state index contributed by atoms with van der Waals surface area (Å²) in [5.74, 6) is -1.90. The molecule has 0 aliphatic heterocycles. The molecule has 1 heterocycles. The minimum absolute atomic E-state index is 0.0831. The summed E-state index contributed by atoms with van der Waals surface area (Å²) in [4.78, 5) is 25.3. The number of alkyl halides is 5. The molecule has 1 amide bonds. The van der Waals surface area contributed by atoms with Crippen LogP contribution >= 0.6 is 0 Å². The van der Waals surface area contributed by atoms with Gasteiger partial charge in [0.1, 0.15) is 5.75 Å². The second kappa shape index (κ2) is 6.69. The summed E-state index contributed by atoms with van der Waals surface area (Å²) in [7, 11) is 0. The first-order chi connectivity index (χ1) is 11.2. The molecule has 0 spiro atoms. The lowest BCUT2D eigenvalue weighted by atomic mass is 10.1. The Morgan fingerprint density at radius 3 is 2.46 bits per heavy atom. The summed E-state index contributed by atoms with van der Waals surface area (Å²) < 4.78 is 66.9. The van der Waals surface area contributed by atoms with Gasteiger partial charge in [0, 0.05) is 23.5 Å². The van der Waals surface area contributed by atoms with Crippen LogP contribution in [0, 0.1) is 0 Å². The van der Waals surface area contributed by atoms with Crippen LogP contribution in [-0.4, -0.2) is 17.5 Å². The smallest absolute Gasteiger partial charge is 0.420 e. The van der Waals surface area contributed by atoms with E-state index in [1.165, 1.54) is 12.3 Å². The minimum atomic E-state index is -4.96. The minimum Gasteiger partial charge on any atom is -0.434 e. The van der Waals surface area contributed by atoms with E-state index in [0.29, 0.717) is 12.1 Å². The molecule has 2 N–H and O–H groups in total. The molecule has 0 radical (unpaired) electrons. The maximum Gasteiger partial charge on any atom is 0.420 e. The third-order valence-electron chi connectivity index (χ3n) is 2.80. The summed E-state index contributed by atoms with van der Waals surface area (Å²) in [6.45, 7) is -3.43. The molecule has 2 rings (SSSR count). The highest BCUT2D eigenvalue weighted by Gasteiger charge is 2.35. The zero-order valence-electron chi connectivity index (χ0n) is 11.7. The number of carbonyl (C=O) groups is 1. The number of aromatic amines is 1. The van der Waals surface area contributed by atoms with E-state index < -0.39 is 35.6 Å². The predicted molar refractivity (Wildman–Crippen MR) is 73.1 cm³/mol. The van der Waals surface area contributed by atoms with Gasteiger partial charge in [0.25, 0.3) is 5.91 Å². The van der Waals surface area contributed by atoms with Gasteiger partial charge in [-0.3, -0.25) is 9.59 Å². The van der Waals surface area contributed by atoms with Crippen molar-refractivity contribution in [2.24, 2.45) is 0 Å². The van der Waals surface area contributed by atoms with Crippen molar-refractivity contribution in [3.63, 3.8) is 0 Å². The van der Waals surface area contributed by atoms with Crippen LogP contribution in [0.3, 0.4) is 0 Å². The Bertz CT molecular complexity index is 801. The average molecular weight is 348 g/mol. The molecule has 1 aromatic carbocycles. The largest absolute Gasteiger partial charge is 0.434 e. The van der Waals surface area contributed by atoms with Crippen molar-refractivity contribution in [2.45, 2.75) is 12.8 Å². The molecule has 0 aliphatic rings. The third-order valence-corrected chi connectivity index (χ3v) is 2.80. The van der Waals surface area contributed by atoms with E-state index in [4.69, 9.17) is 0 Å². The van der Waals surface area contributed by atoms with Gasteiger partial charge in [-0.15, -0.1) is 0 Å². The molecule has 0 fully saturated rings. The molecule has 0 unspecified atom stereocenters. The molecule has 0 saturated carbocycles. The number of ether oxygens (including phenoxy) is 1. The van der Waals surface area contributed by atoms with Gasteiger partial charge in [0.2, 0.25) is 5.56 Å². The molecule has 0 saturated heterocycles. The van der Waals surface area contributed by atoms with Gasteiger partial charge in [0.15, 0.2) is 0 Å². The fraction of sp³-hybridized carbons (Fsp3) is 0.143. The molecule has 0 atom stereocenters. The van der Waals surface area contributed by atoms with Gasteiger partial charge in [-0.05, 0) is 24.3 Å². The Kier molecular flexibility index (Phi) is 4.86. The Morgan fingerprint density at radius 2 is 1.88 bits per heavy atom. The number of benzene rings is 1. The maximum atomic E-state index is 12.9. The van der Waals surface area contributed by atoms with E-state index in [1.807, 2.05) is 0 Å². The average Bonchev–Trinajstić information content (AvgIpc) is 2.47. The van der Waals surface area contributed by atoms with Crippen LogP contribution in [0.2, 0.25) is 0 Å². The Morgan fingerprint density at radius 1 is 1.17 bits per heavy atom. The van der Waals surface area contributed by atoms with Crippen LogP contribution in [-0.2, 0) is 6.18 Å². The standard InChI is InChI=1S/C14H9F5N2O3/c15-13(16)24-10-2-1-8(6-9(10)14(17,18)19)21-12(23)7-3-4-20-11(22)5-7/h1-6,13H,(H,20,22)(H,21,23). The van der Waals surface area contributed by atoms with Crippen molar-refractivity contribution in [3.8, 4) is 5.75 Å². The van der Waals surface area contributed by atoms with Crippen molar-refractivity contribution >= 4 is 11.6 Å². The second-order valence-electron chi connectivity index (χ2n) is 4.48. The quantitative estimate of drug-likeness (QED) is 0.834. The summed E-state index contributed by atoms with van der Waals surface area (Å²) in [6, 6.07) is 4.30. The van der Waals surface area contributed by atoms with Crippen molar-refractivity contribution in [1.82, 2.24) is 4.98 Å². The van der Waals surface area contributed by atoms with Crippen LogP contribution < -0.4 is 15.6 Å². The van der Waals surface area contributed by atoms with E-state index in [0.717, 1.165) is 12.1 Å². The van der Waals surface area contributed by atoms with E-state index >= 15 is 0 Å². The van der Waals surface area contributed by atoms with Crippen molar-refractivity contribution in [2.75, 3.05) is 5.32 Å². The molecule has 0 aliphatic carbocycles. The highest BCUT2D eigenvalue weighted by atomic mass is 19.4. The SMILES string of the molecule is O=C(Nc1ccc(OC(F)F)c(C(F)(F)F)c1)c1cc[nH]c(=O)c1. The van der Waals surface area contributed by atoms with Crippen molar-refractivity contribution < 1.29 is 31.5 Å². The number of amides is 1. The number of hydrogen-bond donors (Lipinski definition) is 2. The normalized spacial score (nSPS) is 11.4. The van der Waals surface area contributed by atoms with Gasteiger partial charge >= 0.3 is 12.8 Å². The number of H-pyrrole nitrogens is 1. The second-order valence-corrected chi connectivity index (χ2v) is 4.48. The maximum absolute atomic E-state index is 12.9. The Hall–Kier alpha value is -2.91. The highest BCUT2D eigenvalue weighted by molar-refractivity contribution is 6.04. The van der Waals surface area contributed by atoms with Gasteiger partial charge < -0.3 is 15.0 Å². The lowest BCUT2D eigenvalue weighted by molar-refractivity contribution is -0.141. The molecular weight excluding hydrogens is 339 g/mol. The lowest BCUT2D eigenvalue weighted by Crippen LogP contribution is -2.17. The highest BCUT2D eigenvalue weighted by Crippen LogP contribution is 2.38. The number of hydrogen-bond acceptors (Lipinski definition) is 3. The number of carbonyl (C=O) groups excluding carboxylic acids is 1. The van der Waals surface area contributed by atoms with Gasteiger partial charge in [-0.25, -0.2) is 0 Å². The molecular formula is C14H9F5N2O3. The van der Waals surface area contributed by atoms with E-state index in [9.17, 15) is 31.5 Å². The fourth-order valence-electron chi connectivity index (χ4n) is 1.82. The number of anilines is 1. The molecule has 10 heteroatoms. The molecule has 1 aromatic heterocycles. The summed E-state index contributed by atoms with van der Waals surface area (Å²) in [5, 5.41) is 2.14. The number of pyridine rings is 1. The fourth-order valence-corrected chi connectivity index (χ4v) is 1.82. The number of rotatable bonds is 4. The van der Waals surface area contributed by atoms with Crippen LogP contribution in [0.1, 0.15) is 15.9 Å². The van der Waals surface area contributed by atoms with Gasteiger partial charge in [-0.2, -0.15) is 22.0 Å². The Balaban J connectivity index is 2.31. The Labute approximate surface area is 131 Å². The van der Waals surface area contributed by atoms with Gasteiger partial charge in [0.05, 0.1) is 5.56 Å². The molecule has 24 heavy (non-hydrogen) atoms. The molecule has 2 aromatic rings. The van der Waals surface area contributed by atoms with Crippen molar-refractivity contribution in [3.05, 3.63) is 58.0 Å². The van der Waals surface area contributed by atoms with Crippen molar-refractivity contribution in [1.29, 1.82) is 0 Å². The third kappa shape index (κ3) is 4.31. The van der Waals surface area contributed by atoms with Crippen LogP contribution in [0.4, 0.5) is 27.6 Å².